The summed E-state index contributed by atoms with van der Waals surface area (Å²) in [5.41, 5.74) is 1.67. The number of hydrogen-bond donors (Lipinski definition) is 6. The monoisotopic (exact) mass is 471 g/mol. The molecule has 1 aliphatic carbocycles. The summed E-state index contributed by atoms with van der Waals surface area (Å²) in [4.78, 5) is 24.7. The number of hydrogen-bond acceptors (Lipinski definition) is 10. The van der Waals surface area contributed by atoms with Gasteiger partial charge in [-0.15, -0.1) is 0 Å². The normalized spacial score (nSPS) is 25.6. The van der Waals surface area contributed by atoms with Crippen LogP contribution in [0.25, 0.3) is 28.8 Å². The SMILES string of the molecule is O=C(O)/C=C/c1cn[nH]c1-c1nc(NC2CCCC2)c2ncn([C@@H]3O[C@@H](CO)[C@H](O)[C@@H]3O)c2n1. The Labute approximate surface area is 193 Å². The van der Waals surface area contributed by atoms with Crippen LogP contribution in [0.5, 0.6) is 0 Å². The molecule has 5 rings (SSSR count). The van der Waals surface area contributed by atoms with Crippen LogP contribution in [0, 0.1) is 0 Å². The number of carboxylic acids is 1. The van der Waals surface area contributed by atoms with Crippen LogP contribution < -0.4 is 5.32 Å². The molecule has 4 atom stereocenters. The molecule has 2 aliphatic rings. The van der Waals surface area contributed by atoms with Gasteiger partial charge in [0.1, 0.15) is 24.0 Å². The molecule has 6 N–H and O–H groups in total. The fraction of sp³-hybridized carbons (Fsp3) is 0.476. The lowest BCUT2D eigenvalue weighted by molar-refractivity contribution is -0.131. The number of aliphatic carboxylic acids is 1. The lowest BCUT2D eigenvalue weighted by atomic mass is 10.1. The first-order chi connectivity index (χ1) is 16.5. The molecular weight excluding hydrogens is 446 g/mol. The van der Waals surface area contributed by atoms with E-state index in [0.717, 1.165) is 31.8 Å². The first kappa shape index (κ1) is 22.4. The minimum Gasteiger partial charge on any atom is -0.478 e. The molecule has 2 fully saturated rings. The van der Waals surface area contributed by atoms with Gasteiger partial charge >= 0.3 is 5.97 Å². The zero-order valence-corrected chi connectivity index (χ0v) is 18.1. The number of ether oxygens (including phenoxy) is 1. The molecule has 13 nitrogen and oxygen atoms in total. The molecule has 1 saturated carbocycles. The molecule has 3 aromatic heterocycles. The number of H-pyrrole nitrogens is 1. The molecule has 0 amide bonds. The number of carboxylic acid groups (broad SMARTS) is 1. The molecule has 0 unspecified atom stereocenters. The molecule has 34 heavy (non-hydrogen) atoms. The molecule has 0 radical (unpaired) electrons. The van der Waals surface area contributed by atoms with Crippen molar-refractivity contribution in [2.45, 2.75) is 56.3 Å². The topological polar surface area (TPSA) is 192 Å². The minimum atomic E-state index is -1.31. The van der Waals surface area contributed by atoms with E-state index >= 15 is 0 Å². The zero-order chi connectivity index (χ0) is 23.8. The van der Waals surface area contributed by atoms with Crippen molar-refractivity contribution in [3.05, 3.63) is 24.2 Å². The molecule has 1 saturated heterocycles. The van der Waals surface area contributed by atoms with Gasteiger partial charge in [-0.2, -0.15) is 5.10 Å². The first-order valence-corrected chi connectivity index (χ1v) is 11.0. The Morgan fingerprint density at radius 2 is 2.06 bits per heavy atom. The number of aliphatic hydroxyl groups excluding tert-OH is 3. The maximum atomic E-state index is 11.0. The second kappa shape index (κ2) is 9.10. The summed E-state index contributed by atoms with van der Waals surface area (Å²) in [5.74, 6) is -0.376. The highest BCUT2D eigenvalue weighted by Crippen LogP contribution is 2.34. The van der Waals surface area contributed by atoms with Gasteiger partial charge in [-0.1, -0.05) is 12.8 Å². The fourth-order valence-electron chi connectivity index (χ4n) is 4.45. The minimum absolute atomic E-state index is 0.221. The third-order valence-corrected chi connectivity index (χ3v) is 6.21. The number of aromatic amines is 1. The van der Waals surface area contributed by atoms with Gasteiger partial charge in [0.05, 0.1) is 19.1 Å². The molecule has 0 spiro atoms. The largest absolute Gasteiger partial charge is 0.478 e. The number of anilines is 1. The maximum absolute atomic E-state index is 11.0. The Balaban J connectivity index is 1.62. The van der Waals surface area contributed by atoms with Crippen molar-refractivity contribution in [2.24, 2.45) is 0 Å². The number of fused-ring (bicyclic) bond motifs is 1. The molecule has 0 bridgehead atoms. The van der Waals surface area contributed by atoms with Crippen LogP contribution in [-0.4, -0.2) is 87.1 Å². The maximum Gasteiger partial charge on any atom is 0.328 e. The number of nitrogens with one attached hydrogen (secondary N) is 2. The van der Waals surface area contributed by atoms with E-state index in [9.17, 15) is 20.1 Å². The third-order valence-electron chi connectivity index (χ3n) is 6.21. The van der Waals surface area contributed by atoms with E-state index in [-0.39, 0.29) is 11.9 Å². The zero-order valence-electron chi connectivity index (χ0n) is 18.1. The Morgan fingerprint density at radius 1 is 1.26 bits per heavy atom. The third kappa shape index (κ3) is 4.03. The summed E-state index contributed by atoms with van der Waals surface area (Å²) in [5, 5.41) is 49.4. The lowest BCUT2D eigenvalue weighted by Gasteiger charge is -2.18. The average Bonchev–Trinajstić information content (AvgIpc) is 3.61. The van der Waals surface area contributed by atoms with E-state index in [0.29, 0.717) is 28.2 Å². The summed E-state index contributed by atoms with van der Waals surface area (Å²) in [6.07, 6.45) is 4.96. The van der Waals surface area contributed by atoms with Gasteiger partial charge in [0.25, 0.3) is 0 Å². The van der Waals surface area contributed by atoms with Crippen molar-refractivity contribution in [3.63, 3.8) is 0 Å². The quantitative estimate of drug-likeness (QED) is 0.259. The summed E-state index contributed by atoms with van der Waals surface area (Å²) < 4.78 is 7.17. The van der Waals surface area contributed by atoms with Crippen LogP contribution in [-0.2, 0) is 9.53 Å². The highest BCUT2D eigenvalue weighted by molar-refractivity contribution is 5.88. The number of imidazole rings is 1. The Morgan fingerprint density at radius 3 is 2.76 bits per heavy atom. The van der Waals surface area contributed by atoms with Crippen molar-refractivity contribution >= 4 is 29.0 Å². The molecule has 0 aromatic carbocycles. The van der Waals surface area contributed by atoms with Crippen LogP contribution in [0.3, 0.4) is 0 Å². The Bertz CT molecular complexity index is 1220. The molecule has 3 aromatic rings. The molecule has 180 valence electrons. The number of nitrogens with zero attached hydrogens (tertiary/aromatic N) is 5. The van der Waals surface area contributed by atoms with E-state index in [1.165, 1.54) is 23.2 Å². The second-order valence-electron chi connectivity index (χ2n) is 8.45. The lowest BCUT2D eigenvalue weighted by Crippen LogP contribution is -2.33. The van der Waals surface area contributed by atoms with Gasteiger partial charge in [-0.25, -0.2) is 19.7 Å². The standard InChI is InChI=1S/C21H25N7O6/c29-8-12-16(32)17(33)21(34-12)28-9-22-15-19(24-11-3-1-2-4-11)25-18(26-20(15)28)14-10(7-23-27-14)5-6-13(30)31/h5-7,9,11-12,16-17,21,29,32-33H,1-4,8H2,(H,23,27)(H,30,31)(H,24,25,26)/b6-5+/t12-,16-,17-,21+/m0/s1. The number of rotatable bonds is 7. The van der Waals surface area contributed by atoms with Gasteiger partial charge in [0, 0.05) is 17.7 Å². The summed E-state index contributed by atoms with van der Waals surface area (Å²) in [6.45, 7) is -0.455. The van der Waals surface area contributed by atoms with E-state index in [1.54, 1.807) is 0 Å². The van der Waals surface area contributed by atoms with E-state index < -0.39 is 37.1 Å². The van der Waals surface area contributed by atoms with Gasteiger partial charge in [-0.3, -0.25) is 9.67 Å². The van der Waals surface area contributed by atoms with Gasteiger partial charge in [0.15, 0.2) is 29.0 Å². The van der Waals surface area contributed by atoms with Crippen molar-refractivity contribution < 1.29 is 30.0 Å². The molecule has 4 heterocycles. The van der Waals surface area contributed by atoms with Crippen molar-refractivity contribution in [1.29, 1.82) is 0 Å². The van der Waals surface area contributed by atoms with Crippen molar-refractivity contribution in [3.8, 4) is 11.5 Å². The highest BCUT2D eigenvalue weighted by Gasteiger charge is 2.44. The molecular formula is C21H25N7O6. The van der Waals surface area contributed by atoms with Crippen LogP contribution in [0.15, 0.2) is 18.6 Å². The highest BCUT2D eigenvalue weighted by atomic mass is 16.6. The first-order valence-electron chi connectivity index (χ1n) is 11.0. The summed E-state index contributed by atoms with van der Waals surface area (Å²) in [6, 6.07) is 0.221. The average molecular weight is 471 g/mol. The van der Waals surface area contributed by atoms with Crippen LogP contribution in [0.4, 0.5) is 5.82 Å². The van der Waals surface area contributed by atoms with Gasteiger partial charge in [0.2, 0.25) is 0 Å². The smallest absolute Gasteiger partial charge is 0.328 e. The number of carbonyl (C=O) groups is 1. The van der Waals surface area contributed by atoms with Crippen LogP contribution >= 0.6 is 0 Å². The molecule has 1 aliphatic heterocycles. The summed E-state index contributed by atoms with van der Waals surface area (Å²) in [7, 11) is 0. The van der Waals surface area contributed by atoms with Crippen LogP contribution in [0.1, 0.15) is 37.5 Å². The Hall–Kier alpha value is -3.39. The Kier molecular flexibility index (Phi) is 6.00. The number of aromatic nitrogens is 6. The van der Waals surface area contributed by atoms with E-state index in [1.807, 2.05) is 0 Å². The predicted octanol–water partition coefficient (Wildman–Crippen LogP) is 0.280. The fourth-order valence-corrected chi connectivity index (χ4v) is 4.45. The van der Waals surface area contributed by atoms with E-state index in [2.05, 4.69) is 30.5 Å². The second-order valence-corrected chi connectivity index (χ2v) is 8.45. The van der Waals surface area contributed by atoms with Crippen LogP contribution in [0.2, 0.25) is 0 Å². The predicted molar refractivity (Wildman–Crippen MR) is 118 cm³/mol. The molecule has 13 heteroatoms. The van der Waals surface area contributed by atoms with E-state index in [4.69, 9.17) is 9.84 Å². The summed E-state index contributed by atoms with van der Waals surface area (Å²) >= 11 is 0. The van der Waals surface area contributed by atoms with Gasteiger partial charge in [-0.05, 0) is 18.9 Å². The number of aliphatic hydroxyl groups is 3. The van der Waals surface area contributed by atoms with Gasteiger partial charge < -0.3 is 30.5 Å². The van der Waals surface area contributed by atoms with Crippen molar-refractivity contribution in [1.82, 2.24) is 29.7 Å². The van der Waals surface area contributed by atoms with Crippen molar-refractivity contribution in [2.75, 3.05) is 11.9 Å².